The van der Waals surface area contributed by atoms with E-state index in [1.165, 1.54) is 24.0 Å². The highest BCUT2D eigenvalue weighted by Gasteiger charge is 2.10. The minimum absolute atomic E-state index is 0.165. The van der Waals surface area contributed by atoms with Crippen LogP contribution in [0.4, 0.5) is 0 Å². The number of aromatic carboxylic acids is 1. The van der Waals surface area contributed by atoms with Crippen LogP contribution in [-0.4, -0.2) is 26.2 Å². The summed E-state index contributed by atoms with van der Waals surface area (Å²) >= 11 is 2.98. The fourth-order valence-corrected chi connectivity index (χ4v) is 2.86. The Hall–Kier alpha value is -2.19. The molecule has 0 aliphatic rings. The molecule has 1 N–H and O–H groups in total. The molecule has 0 aromatic carbocycles. The van der Waals surface area contributed by atoms with Crippen molar-refractivity contribution in [3.05, 3.63) is 46.5 Å². The SMILES string of the molecule is O=C(O)c1ccc(SCc2noc(-c3ccsc3)n2)nc1. The van der Waals surface area contributed by atoms with Gasteiger partial charge in [0.2, 0.25) is 0 Å². The fraction of sp³-hybridized carbons (Fsp3) is 0.0769. The van der Waals surface area contributed by atoms with Gasteiger partial charge in [-0.1, -0.05) is 16.9 Å². The van der Waals surface area contributed by atoms with Gasteiger partial charge in [-0.25, -0.2) is 9.78 Å². The van der Waals surface area contributed by atoms with Gasteiger partial charge in [0.1, 0.15) is 0 Å². The third-order valence-electron chi connectivity index (χ3n) is 2.57. The van der Waals surface area contributed by atoms with Gasteiger partial charge in [-0.05, 0) is 23.6 Å². The van der Waals surface area contributed by atoms with Crippen LogP contribution in [0.3, 0.4) is 0 Å². The number of carbonyl (C=O) groups is 1. The molecule has 6 nitrogen and oxygen atoms in total. The Morgan fingerprint density at radius 3 is 2.95 bits per heavy atom. The first-order valence-corrected chi connectivity index (χ1v) is 7.82. The molecular weight excluding hydrogens is 310 g/mol. The molecule has 0 atom stereocenters. The van der Waals surface area contributed by atoms with Crippen LogP contribution in [0.2, 0.25) is 0 Å². The number of thioether (sulfide) groups is 1. The second-order valence-electron chi connectivity index (χ2n) is 4.01. The summed E-state index contributed by atoms with van der Waals surface area (Å²) in [5.74, 6) is 0.594. The molecule has 0 aliphatic heterocycles. The number of hydrogen-bond acceptors (Lipinski definition) is 7. The number of rotatable bonds is 5. The molecule has 3 aromatic heterocycles. The van der Waals surface area contributed by atoms with Crippen molar-refractivity contribution in [2.45, 2.75) is 10.8 Å². The third kappa shape index (κ3) is 3.29. The zero-order chi connectivity index (χ0) is 14.7. The lowest BCUT2D eigenvalue weighted by Crippen LogP contribution is -1.96. The Morgan fingerprint density at radius 1 is 1.38 bits per heavy atom. The molecular formula is C13H9N3O3S2. The molecule has 0 saturated carbocycles. The molecule has 0 saturated heterocycles. The highest BCUT2D eigenvalue weighted by atomic mass is 32.2. The minimum Gasteiger partial charge on any atom is -0.478 e. The first-order valence-electron chi connectivity index (χ1n) is 5.89. The van der Waals surface area contributed by atoms with Crippen LogP contribution < -0.4 is 0 Å². The zero-order valence-electron chi connectivity index (χ0n) is 10.6. The van der Waals surface area contributed by atoms with E-state index in [2.05, 4.69) is 15.1 Å². The van der Waals surface area contributed by atoms with E-state index in [9.17, 15) is 4.79 Å². The molecule has 106 valence electrons. The van der Waals surface area contributed by atoms with Gasteiger partial charge in [-0.2, -0.15) is 16.3 Å². The van der Waals surface area contributed by atoms with Gasteiger partial charge >= 0.3 is 5.97 Å². The first-order chi connectivity index (χ1) is 10.2. The number of nitrogens with zero attached hydrogens (tertiary/aromatic N) is 3. The average molecular weight is 319 g/mol. The maximum atomic E-state index is 10.7. The van der Waals surface area contributed by atoms with E-state index in [1.807, 2.05) is 16.8 Å². The van der Waals surface area contributed by atoms with Crippen molar-refractivity contribution in [1.82, 2.24) is 15.1 Å². The maximum Gasteiger partial charge on any atom is 0.337 e. The molecule has 21 heavy (non-hydrogen) atoms. The maximum absolute atomic E-state index is 10.7. The molecule has 3 aromatic rings. The number of pyridine rings is 1. The second-order valence-corrected chi connectivity index (χ2v) is 5.78. The highest BCUT2D eigenvalue weighted by molar-refractivity contribution is 7.98. The normalized spacial score (nSPS) is 10.7. The van der Waals surface area contributed by atoms with Crippen LogP contribution in [0.5, 0.6) is 0 Å². The Kier molecular flexibility index (Phi) is 3.98. The van der Waals surface area contributed by atoms with Crippen molar-refractivity contribution in [2.24, 2.45) is 0 Å². The van der Waals surface area contributed by atoms with Gasteiger partial charge < -0.3 is 9.63 Å². The summed E-state index contributed by atoms with van der Waals surface area (Å²) in [4.78, 5) is 19.1. The summed E-state index contributed by atoms with van der Waals surface area (Å²) in [6.07, 6.45) is 1.33. The Balaban J connectivity index is 1.64. The fourth-order valence-electron chi connectivity index (χ4n) is 1.55. The average Bonchev–Trinajstić information content (AvgIpc) is 3.16. The van der Waals surface area contributed by atoms with Gasteiger partial charge in [-0.15, -0.1) is 0 Å². The molecule has 0 amide bonds. The quantitative estimate of drug-likeness (QED) is 0.722. The second kappa shape index (κ2) is 6.06. The van der Waals surface area contributed by atoms with E-state index in [-0.39, 0.29) is 5.56 Å². The molecule has 3 heterocycles. The van der Waals surface area contributed by atoms with Crippen molar-refractivity contribution >= 4 is 29.1 Å². The van der Waals surface area contributed by atoms with Gasteiger partial charge in [0.25, 0.3) is 5.89 Å². The highest BCUT2D eigenvalue weighted by Crippen LogP contribution is 2.23. The lowest BCUT2D eigenvalue weighted by molar-refractivity contribution is 0.0696. The number of carboxylic acid groups (broad SMARTS) is 1. The van der Waals surface area contributed by atoms with Crippen LogP contribution in [-0.2, 0) is 5.75 Å². The lowest BCUT2D eigenvalue weighted by Gasteiger charge is -1.98. The van der Waals surface area contributed by atoms with Crippen LogP contribution >= 0.6 is 23.1 Å². The monoisotopic (exact) mass is 319 g/mol. The van der Waals surface area contributed by atoms with Gasteiger partial charge in [0, 0.05) is 11.6 Å². The van der Waals surface area contributed by atoms with E-state index < -0.39 is 5.97 Å². The summed E-state index contributed by atoms with van der Waals surface area (Å²) in [6.45, 7) is 0. The largest absolute Gasteiger partial charge is 0.478 e. The van der Waals surface area contributed by atoms with E-state index >= 15 is 0 Å². The van der Waals surface area contributed by atoms with Crippen LogP contribution in [0.1, 0.15) is 16.2 Å². The van der Waals surface area contributed by atoms with Crippen molar-refractivity contribution < 1.29 is 14.4 Å². The summed E-state index contributed by atoms with van der Waals surface area (Å²) in [7, 11) is 0. The van der Waals surface area contributed by atoms with E-state index in [0.717, 1.165) is 5.56 Å². The van der Waals surface area contributed by atoms with Gasteiger partial charge in [0.05, 0.1) is 21.9 Å². The van der Waals surface area contributed by atoms with Crippen molar-refractivity contribution in [2.75, 3.05) is 0 Å². The summed E-state index contributed by atoms with van der Waals surface area (Å²) < 4.78 is 5.18. The third-order valence-corrected chi connectivity index (χ3v) is 4.19. The standard InChI is InChI=1S/C13H9N3O3S2/c17-13(18)8-1-2-11(14-5-8)21-7-10-15-12(19-16-10)9-3-4-20-6-9/h1-6H,7H2,(H,17,18). The molecule has 0 radical (unpaired) electrons. The number of aromatic nitrogens is 3. The van der Waals surface area contributed by atoms with E-state index in [4.69, 9.17) is 9.63 Å². The predicted octanol–water partition coefficient (Wildman–Crippen LogP) is 3.18. The molecule has 0 unspecified atom stereocenters. The predicted molar refractivity (Wildman–Crippen MR) is 78.4 cm³/mol. The summed E-state index contributed by atoms with van der Waals surface area (Å²) in [5, 5.41) is 17.3. The molecule has 3 rings (SSSR count). The van der Waals surface area contributed by atoms with E-state index in [1.54, 1.807) is 17.4 Å². The smallest absolute Gasteiger partial charge is 0.337 e. The number of hydrogen-bond donors (Lipinski definition) is 1. The molecule has 8 heteroatoms. The van der Waals surface area contributed by atoms with Crippen LogP contribution in [0.15, 0.2) is 44.7 Å². The van der Waals surface area contributed by atoms with Crippen LogP contribution in [0.25, 0.3) is 11.5 Å². The molecule has 0 bridgehead atoms. The Bertz CT molecular complexity index is 738. The summed E-state index contributed by atoms with van der Waals surface area (Å²) in [6, 6.07) is 5.10. The number of carboxylic acids is 1. The van der Waals surface area contributed by atoms with Crippen molar-refractivity contribution in [3.8, 4) is 11.5 Å². The van der Waals surface area contributed by atoms with Gasteiger partial charge in [-0.3, -0.25) is 0 Å². The summed E-state index contributed by atoms with van der Waals surface area (Å²) in [5.41, 5.74) is 1.08. The molecule has 0 fully saturated rings. The lowest BCUT2D eigenvalue weighted by atomic mass is 10.3. The van der Waals surface area contributed by atoms with Crippen molar-refractivity contribution in [1.29, 1.82) is 0 Å². The molecule has 0 spiro atoms. The Labute approximate surface area is 127 Å². The number of thiophene rings is 1. The van der Waals surface area contributed by atoms with Crippen LogP contribution in [0, 0.1) is 0 Å². The van der Waals surface area contributed by atoms with Gasteiger partial charge in [0.15, 0.2) is 5.82 Å². The minimum atomic E-state index is -0.988. The zero-order valence-corrected chi connectivity index (χ0v) is 12.2. The Morgan fingerprint density at radius 2 is 2.29 bits per heavy atom. The first kappa shape index (κ1) is 13.8. The topological polar surface area (TPSA) is 89.1 Å². The molecule has 0 aliphatic carbocycles. The van der Waals surface area contributed by atoms with E-state index in [0.29, 0.717) is 22.5 Å². The van der Waals surface area contributed by atoms with Crippen molar-refractivity contribution in [3.63, 3.8) is 0 Å².